The lowest BCUT2D eigenvalue weighted by atomic mass is 9.66. The van der Waals surface area contributed by atoms with Crippen LogP contribution in [-0.2, 0) is 10.8 Å². The zero-order valence-corrected chi connectivity index (χ0v) is 43.0. The van der Waals surface area contributed by atoms with Crippen LogP contribution in [0.3, 0.4) is 0 Å². The number of benzene rings is 12. The van der Waals surface area contributed by atoms with Gasteiger partial charge in [-0.2, -0.15) is 0 Å². The maximum Gasteiger partial charge on any atom is 0.132 e. The number of nitrogens with zero attached hydrogens (tertiary/aromatic N) is 1. The fourth-order valence-electron chi connectivity index (χ4n) is 14.2. The highest BCUT2D eigenvalue weighted by Gasteiger charge is 2.53. The van der Waals surface area contributed by atoms with Gasteiger partial charge in [-0.25, -0.2) is 0 Å². The number of hydrogen-bond donors (Lipinski definition) is 0. The molecule has 0 amide bonds. The van der Waals surface area contributed by atoms with Crippen LogP contribution < -0.4 is 14.4 Å². The maximum absolute atomic E-state index is 6.75. The number of rotatable bonds is 5. The first kappa shape index (κ1) is 43.5. The Morgan fingerprint density at radius 2 is 0.692 bits per heavy atom. The van der Waals surface area contributed by atoms with Crippen molar-refractivity contribution in [2.45, 2.75) is 10.8 Å². The molecule has 0 saturated heterocycles. The highest BCUT2D eigenvalue weighted by molar-refractivity contribution is 7.25. The zero-order valence-electron chi connectivity index (χ0n) is 42.2. The molecular weight excluding hydrogens is 967 g/mol. The van der Waals surface area contributed by atoms with Gasteiger partial charge in [-0.05, 0) is 140 Å². The average Bonchev–Trinajstić information content (AvgIpc) is 3.48. The highest BCUT2D eigenvalue weighted by atomic mass is 32.1. The van der Waals surface area contributed by atoms with Crippen LogP contribution in [0.5, 0.6) is 23.0 Å². The third kappa shape index (κ3) is 5.82. The number of hydrogen-bond acceptors (Lipinski definition) is 4. The van der Waals surface area contributed by atoms with Gasteiger partial charge in [0.15, 0.2) is 0 Å². The summed E-state index contributed by atoms with van der Waals surface area (Å²) in [6, 6.07) is 100. The van der Waals surface area contributed by atoms with E-state index in [-0.39, 0.29) is 0 Å². The minimum Gasteiger partial charge on any atom is -0.457 e. The zero-order chi connectivity index (χ0) is 51.1. The monoisotopic (exact) mass is 1010 g/mol. The minimum atomic E-state index is -0.610. The summed E-state index contributed by atoms with van der Waals surface area (Å²) in [6.45, 7) is 0. The molecule has 78 heavy (non-hydrogen) atoms. The van der Waals surface area contributed by atoms with Gasteiger partial charge in [-0.15, -0.1) is 11.3 Å². The average molecular weight is 1010 g/mol. The Morgan fingerprint density at radius 1 is 0.282 bits per heavy atom. The Bertz CT molecular complexity index is 4550. The third-order valence-electron chi connectivity index (χ3n) is 17.2. The van der Waals surface area contributed by atoms with Crippen molar-refractivity contribution in [2.24, 2.45) is 0 Å². The summed E-state index contributed by atoms with van der Waals surface area (Å²) in [7, 11) is 0. The summed E-state index contributed by atoms with van der Waals surface area (Å²) in [5.74, 6) is 3.55. The van der Waals surface area contributed by atoms with Gasteiger partial charge in [0.2, 0.25) is 0 Å². The first-order valence-electron chi connectivity index (χ1n) is 26.8. The molecule has 0 saturated carbocycles. The van der Waals surface area contributed by atoms with Gasteiger partial charge in [0, 0.05) is 59.5 Å². The van der Waals surface area contributed by atoms with Gasteiger partial charge < -0.3 is 14.4 Å². The predicted octanol–water partition coefficient (Wildman–Crippen LogP) is 19.8. The van der Waals surface area contributed by atoms with Gasteiger partial charge in [-0.1, -0.05) is 200 Å². The SMILES string of the molecule is c1ccc2c(c1)Oc1ccccc1C21c2ccccc2-c2ccc(N(c3ccc(-c4cccc5c4-c4ccccc4C54c5ccccc5Oc5ccccc54)cc3)c3ccc(-c4cccc5sc6ccccc6c45)cc3)cc21. The van der Waals surface area contributed by atoms with E-state index in [1.807, 2.05) is 11.3 Å². The second-order valence-corrected chi connectivity index (χ2v) is 22.0. The van der Waals surface area contributed by atoms with Crippen LogP contribution in [0.2, 0.25) is 0 Å². The van der Waals surface area contributed by atoms with Gasteiger partial charge >= 0.3 is 0 Å². The highest BCUT2D eigenvalue weighted by Crippen LogP contribution is 2.65. The Kier molecular flexibility index (Phi) is 9.14. The second kappa shape index (κ2) is 16.4. The first-order chi connectivity index (χ1) is 38.7. The number of para-hydroxylation sites is 4. The molecule has 1 aromatic heterocycles. The lowest BCUT2D eigenvalue weighted by Gasteiger charge is -2.39. The molecular formula is C74H45NO2S. The van der Waals surface area contributed by atoms with E-state index in [0.717, 1.165) is 67.9 Å². The number of fused-ring (bicyclic) bond motifs is 21. The maximum atomic E-state index is 6.75. The Labute approximate surface area is 456 Å². The molecule has 2 spiro atoms. The minimum absolute atomic E-state index is 0.547. The number of anilines is 3. The molecule has 2 aliphatic carbocycles. The fraction of sp³-hybridized carbons (Fsp3) is 0.0270. The van der Waals surface area contributed by atoms with Gasteiger partial charge in [-0.3, -0.25) is 0 Å². The molecule has 13 aromatic rings. The van der Waals surface area contributed by atoms with Crippen molar-refractivity contribution in [2.75, 3.05) is 4.90 Å². The summed E-state index contributed by atoms with van der Waals surface area (Å²) >= 11 is 1.86. The van der Waals surface area contributed by atoms with Crippen molar-refractivity contribution in [3.8, 4) is 67.5 Å². The molecule has 0 fully saturated rings. The lowest BCUT2D eigenvalue weighted by Crippen LogP contribution is -2.32. The van der Waals surface area contributed by atoms with Gasteiger partial charge in [0.1, 0.15) is 23.0 Å². The number of ether oxygens (including phenoxy) is 2. The standard InChI is InChI=1S/C74H45NO2S/c1-4-22-57-53(17-1)54-44-43-50(45-64(54)74(57)61-26-8-12-31-67(61)77-68-32-13-9-27-62(68)74)75(49-41-37-47(38-42-49)52-21-16-34-70-72(52)56-19-3-14-33-69(56)78-70)48-39-35-46(36-40-48)51-20-15-28-63-71(51)55-18-2-5-23-58(55)73(63)59-24-6-10-29-65(59)76-66-30-11-7-25-60(66)73/h1-45H. The second-order valence-electron chi connectivity index (χ2n) is 20.9. The summed E-state index contributed by atoms with van der Waals surface area (Å²) in [5.41, 5.74) is 21.5. The molecule has 0 atom stereocenters. The predicted molar refractivity (Wildman–Crippen MR) is 320 cm³/mol. The van der Waals surface area contributed by atoms with Crippen molar-refractivity contribution in [3.63, 3.8) is 0 Å². The van der Waals surface area contributed by atoms with Gasteiger partial charge in [0.05, 0.1) is 10.8 Å². The van der Waals surface area contributed by atoms with Crippen LogP contribution in [-0.4, -0.2) is 0 Å². The molecule has 364 valence electrons. The molecule has 3 nitrogen and oxygen atoms in total. The summed E-state index contributed by atoms with van der Waals surface area (Å²) in [4.78, 5) is 2.44. The number of thiophene rings is 1. The molecule has 17 rings (SSSR count). The first-order valence-corrected chi connectivity index (χ1v) is 27.6. The lowest BCUT2D eigenvalue weighted by molar-refractivity contribution is 0.436. The van der Waals surface area contributed by atoms with E-state index in [4.69, 9.17) is 9.47 Å². The Hall–Kier alpha value is -9.74. The molecule has 4 aliphatic rings. The van der Waals surface area contributed by atoms with Crippen LogP contribution in [0.4, 0.5) is 17.1 Å². The molecule has 3 heterocycles. The molecule has 4 heteroatoms. The largest absolute Gasteiger partial charge is 0.457 e. The smallest absolute Gasteiger partial charge is 0.132 e. The molecule has 2 aliphatic heterocycles. The summed E-state index contributed by atoms with van der Waals surface area (Å²) < 4.78 is 16.0. The van der Waals surface area contributed by atoms with E-state index in [1.165, 1.54) is 81.4 Å². The fourth-order valence-corrected chi connectivity index (χ4v) is 15.3. The molecule has 0 N–H and O–H groups in total. The third-order valence-corrected chi connectivity index (χ3v) is 18.4. The van der Waals surface area contributed by atoms with Crippen LogP contribution in [0, 0.1) is 0 Å². The quantitative estimate of drug-likeness (QED) is 0.171. The van der Waals surface area contributed by atoms with Crippen molar-refractivity contribution in [1.29, 1.82) is 0 Å². The van der Waals surface area contributed by atoms with E-state index in [0.29, 0.717) is 0 Å². The van der Waals surface area contributed by atoms with Gasteiger partial charge in [0.25, 0.3) is 0 Å². The van der Waals surface area contributed by atoms with Crippen LogP contribution in [0.1, 0.15) is 44.5 Å². The van der Waals surface area contributed by atoms with E-state index in [9.17, 15) is 0 Å². The van der Waals surface area contributed by atoms with Crippen LogP contribution in [0.25, 0.3) is 64.7 Å². The Balaban J connectivity index is 0.855. The Morgan fingerprint density at radius 3 is 1.31 bits per heavy atom. The van der Waals surface area contributed by atoms with E-state index >= 15 is 0 Å². The molecule has 0 bridgehead atoms. The van der Waals surface area contributed by atoms with E-state index < -0.39 is 10.8 Å². The van der Waals surface area contributed by atoms with Crippen LogP contribution in [0.15, 0.2) is 273 Å². The van der Waals surface area contributed by atoms with E-state index in [1.54, 1.807) is 0 Å². The van der Waals surface area contributed by atoms with E-state index in [2.05, 4.69) is 278 Å². The summed E-state index contributed by atoms with van der Waals surface area (Å²) in [5, 5.41) is 2.61. The molecule has 0 unspecified atom stereocenters. The summed E-state index contributed by atoms with van der Waals surface area (Å²) in [6.07, 6.45) is 0. The van der Waals surface area contributed by atoms with Crippen molar-refractivity contribution in [1.82, 2.24) is 0 Å². The normalized spacial score (nSPS) is 14.1. The van der Waals surface area contributed by atoms with Crippen LogP contribution >= 0.6 is 11.3 Å². The van der Waals surface area contributed by atoms with Crippen molar-refractivity contribution >= 4 is 48.6 Å². The topological polar surface area (TPSA) is 21.7 Å². The van der Waals surface area contributed by atoms with Crippen molar-refractivity contribution in [3.05, 3.63) is 317 Å². The molecule has 0 radical (unpaired) electrons. The van der Waals surface area contributed by atoms with Crippen molar-refractivity contribution < 1.29 is 9.47 Å². The molecule has 12 aromatic carbocycles.